The second-order valence-corrected chi connectivity index (χ2v) is 11.2. The third-order valence-corrected chi connectivity index (χ3v) is 9.19. The molecule has 8 nitrogen and oxygen atoms in total. The summed E-state index contributed by atoms with van der Waals surface area (Å²) in [4.78, 5) is 44.1. The number of benzene rings is 3. The first-order valence-corrected chi connectivity index (χ1v) is 14.3. The minimum Gasteiger partial charge on any atom is -0.394 e. The largest absolute Gasteiger partial charge is 0.394 e. The summed E-state index contributed by atoms with van der Waals surface area (Å²) in [5.74, 6) is -2.61. The number of nitrogens with zero attached hydrogens (tertiary/aromatic N) is 1. The Morgan fingerprint density at radius 3 is 2.22 bits per heavy atom. The van der Waals surface area contributed by atoms with Gasteiger partial charge in [-0.15, -0.1) is 0 Å². The third kappa shape index (κ3) is 4.42. The maximum absolute atomic E-state index is 14.5. The van der Waals surface area contributed by atoms with Gasteiger partial charge in [-0.3, -0.25) is 14.4 Å². The molecule has 3 heterocycles. The zero-order valence-electron chi connectivity index (χ0n) is 23.0. The van der Waals surface area contributed by atoms with Crippen LogP contribution < -0.4 is 10.6 Å². The molecule has 3 amide bonds. The predicted molar refractivity (Wildman–Crippen MR) is 153 cm³/mol. The van der Waals surface area contributed by atoms with Crippen LogP contribution in [0, 0.1) is 11.8 Å². The van der Waals surface area contributed by atoms with Gasteiger partial charge < -0.3 is 25.4 Å². The van der Waals surface area contributed by atoms with Gasteiger partial charge in [0.05, 0.1) is 30.1 Å². The number of carbonyl (C=O) groups excluding carboxylic acids is 3. The summed E-state index contributed by atoms with van der Waals surface area (Å²) in [6.07, 6.45) is 1.57. The van der Waals surface area contributed by atoms with Crippen LogP contribution in [-0.4, -0.2) is 51.6 Å². The summed E-state index contributed by atoms with van der Waals surface area (Å²) < 4.78 is 6.84. The number of likely N-dealkylation sites (tertiary alicyclic amines) is 1. The predicted octanol–water partition coefficient (Wildman–Crippen LogP) is 3.83. The summed E-state index contributed by atoms with van der Waals surface area (Å²) in [7, 11) is 0. The first kappa shape index (κ1) is 27.2. The molecular formula is C33H35N3O5. The van der Waals surface area contributed by atoms with Crippen LogP contribution in [0.1, 0.15) is 43.4 Å². The van der Waals surface area contributed by atoms with Crippen LogP contribution in [0.2, 0.25) is 0 Å². The molecule has 0 aliphatic carbocycles. The number of amides is 3. The van der Waals surface area contributed by atoms with E-state index in [0.29, 0.717) is 30.5 Å². The topological polar surface area (TPSA) is 108 Å². The highest BCUT2D eigenvalue weighted by atomic mass is 16.5. The summed E-state index contributed by atoms with van der Waals surface area (Å²) >= 11 is 0. The van der Waals surface area contributed by atoms with Crippen molar-refractivity contribution in [3.05, 3.63) is 102 Å². The second-order valence-electron chi connectivity index (χ2n) is 11.2. The molecule has 6 rings (SSSR count). The lowest BCUT2D eigenvalue weighted by atomic mass is 9.65. The van der Waals surface area contributed by atoms with Crippen molar-refractivity contribution in [3.8, 4) is 0 Å². The van der Waals surface area contributed by atoms with Crippen LogP contribution in [-0.2, 0) is 25.7 Å². The summed E-state index contributed by atoms with van der Waals surface area (Å²) in [5, 5.41) is 16.6. The quantitative estimate of drug-likeness (QED) is 0.373. The molecule has 3 saturated heterocycles. The number of ether oxygens (including phenoxy) is 1. The second kappa shape index (κ2) is 10.8. The van der Waals surface area contributed by atoms with Crippen LogP contribution in [0.5, 0.6) is 0 Å². The van der Waals surface area contributed by atoms with Crippen molar-refractivity contribution in [3.63, 3.8) is 0 Å². The molecule has 1 spiro atoms. The number of fused-ring (bicyclic) bond motifs is 1. The molecule has 0 saturated carbocycles. The highest BCUT2D eigenvalue weighted by Crippen LogP contribution is 2.65. The van der Waals surface area contributed by atoms with Crippen LogP contribution in [0.25, 0.3) is 0 Å². The Morgan fingerprint density at radius 1 is 0.951 bits per heavy atom. The normalized spacial score (nSPS) is 28.8. The number of carbonyl (C=O) groups is 3. The maximum atomic E-state index is 14.5. The molecule has 212 valence electrons. The summed E-state index contributed by atoms with van der Waals surface area (Å²) in [5.41, 5.74) is 0.233. The Kier molecular flexibility index (Phi) is 7.13. The Labute approximate surface area is 239 Å². The third-order valence-electron chi connectivity index (χ3n) is 9.19. The van der Waals surface area contributed by atoms with E-state index in [2.05, 4.69) is 10.6 Å². The van der Waals surface area contributed by atoms with Crippen LogP contribution in [0.4, 0.5) is 5.69 Å². The minimum absolute atomic E-state index is 0.283. The minimum atomic E-state index is -1.19. The Hall–Kier alpha value is -4.01. The van der Waals surface area contributed by atoms with E-state index >= 15 is 0 Å². The van der Waals surface area contributed by atoms with Crippen LogP contribution in [0.15, 0.2) is 91.0 Å². The van der Waals surface area contributed by atoms with Crippen molar-refractivity contribution in [2.75, 3.05) is 11.9 Å². The number of hydrogen-bond donors (Lipinski definition) is 3. The lowest BCUT2D eigenvalue weighted by Crippen LogP contribution is -2.56. The molecule has 6 atom stereocenters. The van der Waals surface area contributed by atoms with Gasteiger partial charge in [-0.1, -0.05) is 85.8 Å². The number of anilines is 1. The van der Waals surface area contributed by atoms with Gasteiger partial charge in [0, 0.05) is 12.2 Å². The van der Waals surface area contributed by atoms with Gasteiger partial charge in [-0.25, -0.2) is 0 Å². The van der Waals surface area contributed by atoms with Gasteiger partial charge in [0.2, 0.25) is 17.7 Å². The number of para-hydroxylation sites is 1. The monoisotopic (exact) mass is 553 g/mol. The summed E-state index contributed by atoms with van der Waals surface area (Å²) in [6.45, 7) is 1.88. The fourth-order valence-corrected chi connectivity index (χ4v) is 7.34. The van der Waals surface area contributed by atoms with E-state index in [-0.39, 0.29) is 30.9 Å². The van der Waals surface area contributed by atoms with Crippen LogP contribution >= 0.6 is 0 Å². The fraction of sp³-hybridized carbons (Fsp3) is 0.364. The molecule has 3 aliphatic heterocycles. The van der Waals surface area contributed by atoms with E-state index in [4.69, 9.17) is 4.74 Å². The SMILES string of the molecule is CC[C@]12CCC3(O1)C(C(=O)NCc1ccccc1)N([C@H](CO)c1ccccc1)C(=O)[C@@H]3[C@H]2C(=O)Nc1ccccc1. The Bertz CT molecular complexity index is 1420. The average molecular weight is 554 g/mol. The molecule has 0 radical (unpaired) electrons. The van der Waals surface area contributed by atoms with Crippen molar-refractivity contribution < 1.29 is 24.2 Å². The maximum Gasteiger partial charge on any atom is 0.246 e. The van der Waals surface area contributed by atoms with E-state index in [1.54, 1.807) is 12.1 Å². The number of rotatable bonds is 9. The Morgan fingerprint density at radius 2 is 1.59 bits per heavy atom. The van der Waals surface area contributed by atoms with E-state index in [0.717, 1.165) is 5.56 Å². The van der Waals surface area contributed by atoms with E-state index in [1.165, 1.54) is 4.90 Å². The van der Waals surface area contributed by atoms with Gasteiger partial charge in [0.25, 0.3) is 0 Å². The zero-order valence-corrected chi connectivity index (χ0v) is 23.0. The number of nitrogens with one attached hydrogen (secondary N) is 2. The molecule has 3 aromatic rings. The van der Waals surface area contributed by atoms with E-state index in [1.807, 2.05) is 85.8 Å². The molecule has 41 heavy (non-hydrogen) atoms. The zero-order chi connectivity index (χ0) is 28.6. The first-order chi connectivity index (χ1) is 19.9. The first-order valence-electron chi connectivity index (χ1n) is 14.3. The van der Waals surface area contributed by atoms with Crippen molar-refractivity contribution in [1.29, 1.82) is 0 Å². The number of hydrogen-bond acceptors (Lipinski definition) is 5. The molecule has 3 N–H and O–H groups in total. The lowest BCUT2D eigenvalue weighted by Gasteiger charge is -2.37. The smallest absolute Gasteiger partial charge is 0.246 e. The molecule has 2 bridgehead atoms. The number of aliphatic hydroxyl groups is 1. The molecule has 3 aromatic carbocycles. The van der Waals surface area contributed by atoms with E-state index < -0.39 is 35.1 Å². The number of aliphatic hydroxyl groups excluding tert-OH is 1. The molecule has 8 heteroatoms. The van der Waals surface area contributed by atoms with Crippen molar-refractivity contribution in [1.82, 2.24) is 10.2 Å². The Balaban J connectivity index is 1.41. The highest BCUT2D eigenvalue weighted by Gasteiger charge is 2.79. The van der Waals surface area contributed by atoms with Crippen molar-refractivity contribution in [2.24, 2.45) is 11.8 Å². The van der Waals surface area contributed by atoms with Gasteiger partial charge in [-0.05, 0) is 42.5 Å². The van der Waals surface area contributed by atoms with Gasteiger partial charge in [-0.2, -0.15) is 0 Å². The molecule has 3 fully saturated rings. The van der Waals surface area contributed by atoms with Gasteiger partial charge >= 0.3 is 0 Å². The summed E-state index contributed by atoms with van der Waals surface area (Å²) in [6, 6.07) is 26.2. The molecular weight excluding hydrogens is 518 g/mol. The van der Waals surface area contributed by atoms with Gasteiger partial charge in [0.1, 0.15) is 11.6 Å². The average Bonchev–Trinajstić information content (AvgIpc) is 3.62. The van der Waals surface area contributed by atoms with Gasteiger partial charge in [0.15, 0.2) is 0 Å². The molecule has 2 unspecified atom stereocenters. The lowest BCUT2D eigenvalue weighted by molar-refractivity contribution is -0.150. The van der Waals surface area contributed by atoms with Crippen molar-refractivity contribution in [2.45, 2.75) is 56.0 Å². The van der Waals surface area contributed by atoms with Crippen molar-refractivity contribution >= 4 is 23.4 Å². The molecule has 0 aromatic heterocycles. The molecule has 3 aliphatic rings. The highest BCUT2D eigenvalue weighted by molar-refractivity contribution is 6.02. The fourth-order valence-electron chi connectivity index (χ4n) is 7.34. The standard InChI is InChI=1S/C33H35N3O5/c1-2-32-18-19-33(41-32)27(26(32)29(38)35-24-16-10-5-11-17-24)31(40)36(25(21-37)23-14-8-4-9-15-23)28(33)30(39)34-20-22-12-6-3-7-13-22/h3-17,25-28,37H,2,18-21H2,1H3,(H,34,39)(H,35,38)/t25-,26+,27+,28?,32-,33?/m1/s1. The van der Waals surface area contributed by atoms with E-state index in [9.17, 15) is 19.5 Å². The van der Waals surface area contributed by atoms with Crippen LogP contribution in [0.3, 0.4) is 0 Å².